The Labute approximate surface area is 141 Å². The van der Waals surface area contributed by atoms with E-state index in [-0.39, 0.29) is 5.91 Å². The van der Waals surface area contributed by atoms with Gasteiger partial charge in [0.2, 0.25) is 0 Å². The molecule has 0 N–H and O–H groups in total. The van der Waals surface area contributed by atoms with E-state index in [0.29, 0.717) is 30.2 Å². The summed E-state index contributed by atoms with van der Waals surface area (Å²) in [5, 5.41) is 0. The molecule has 0 saturated carbocycles. The fourth-order valence-corrected chi connectivity index (χ4v) is 2.34. The molecule has 5 heteroatoms. The lowest BCUT2D eigenvalue weighted by Crippen LogP contribution is -2.30. The Kier molecular flexibility index (Phi) is 4.91. The van der Waals surface area contributed by atoms with Crippen LogP contribution in [0.4, 0.5) is 0 Å². The smallest absolute Gasteiger partial charge is 0.257 e. The van der Waals surface area contributed by atoms with E-state index in [1.807, 2.05) is 59.3 Å². The van der Waals surface area contributed by atoms with Crippen LogP contribution in [0.2, 0.25) is 0 Å². The van der Waals surface area contributed by atoms with Crippen LogP contribution in [0.25, 0.3) is 0 Å². The number of imidazole rings is 1. The van der Waals surface area contributed by atoms with Gasteiger partial charge in [-0.2, -0.15) is 0 Å². The Morgan fingerprint density at radius 2 is 1.88 bits per heavy atom. The van der Waals surface area contributed by atoms with E-state index < -0.39 is 0 Å². The maximum atomic E-state index is 12.7. The zero-order valence-corrected chi connectivity index (χ0v) is 13.5. The van der Waals surface area contributed by atoms with Gasteiger partial charge >= 0.3 is 0 Å². The van der Waals surface area contributed by atoms with Gasteiger partial charge < -0.3 is 14.2 Å². The first-order valence-corrected chi connectivity index (χ1v) is 7.77. The molecular formula is C19H19N3O2. The highest BCUT2D eigenvalue weighted by Gasteiger charge is 2.16. The van der Waals surface area contributed by atoms with Crippen LogP contribution < -0.4 is 4.74 Å². The van der Waals surface area contributed by atoms with Crippen molar-refractivity contribution < 1.29 is 9.53 Å². The summed E-state index contributed by atoms with van der Waals surface area (Å²) >= 11 is 0. The lowest BCUT2D eigenvalue weighted by atomic mass is 10.1. The monoisotopic (exact) mass is 321 g/mol. The molecule has 0 aliphatic heterocycles. The third-order valence-corrected chi connectivity index (χ3v) is 3.69. The molecule has 5 nitrogen and oxygen atoms in total. The summed E-state index contributed by atoms with van der Waals surface area (Å²) in [7, 11) is 1.79. The second kappa shape index (κ2) is 7.46. The molecule has 1 amide bonds. The first-order chi connectivity index (χ1) is 11.7. The van der Waals surface area contributed by atoms with Crippen molar-refractivity contribution in [1.82, 2.24) is 14.5 Å². The molecule has 0 fully saturated rings. The van der Waals surface area contributed by atoms with E-state index in [0.717, 1.165) is 0 Å². The first-order valence-electron chi connectivity index (χ1n) is 7.77. The van der Waals surface area contributed by atoms with Crippen molar-refractivity contribution in [3.8, 4) is 11.5 Å². The second-order valence-corrected chi connectivity index (χ2v) is 5.44. The van der Waals surface area contributed by atoms with Crippen molar-refractivity contribution in [3.05, 3.63) is 78.9 Å². The maximum absolute atomic E-state index is 12.7. The Morgan fingerprint density at radius 1 is 1.12 bits per heavy atom. The summed E-state index contributed by atoms with van der Waals surface area (Å²) in [6, 6.07) is 16.8. The fourth-order valence-electron chi connectivity index (χ4n) is 2.34. The van der Waals surface area contributed by atoms with E-state index in [4.69, 9.17) is 4.74 Å². The van der Waals surface area contributed by atoms with Gasteiger partial charge in [0.1, 0.15) is 11.5 Å². The minimum atomic E-state index is -0.0679. The lowest BCUT2D eigenvalue weighted by molar-refractivity contribution is 0.0787. The summed E-state index contributed by atoms with van der Waals surface area (Å²) in [6.07, 6.45) is 5.35. The molecule has 0 saturated heterocycles. The minimum absolute atomic E-state index is 0.0679. The van der Waals surface area contributed by atoms with Crippen LogP contribution in [0.1, 0.15) is 10.4 Å². The number of rotatable bonds is 6. The van der Waals surface area contributed by atoms with Crippen molar-refractivity contribution in [2.75, 3.05) is 13.6 Å². The number of ether oxygens (including phenoxy) is 1. The van der Waals surface area contributed by atoms with Crippen molar-refractivity contribution in [3.63, 3.8) is 0 Å². The second-order valence-electron chi connectivity index (χ2n) is 5.44. The Hall–Kier alpha value is -3.08. The molecule has 0 bridgehead atoms. The first kappa shape index (κ1) is 15.8. The molecule has 3 rings (SSSR count). The molecule has 3 aromatic rings. The molecular weight excluding hydrogens is 302 g/mol. The fraction of sp³-hybridized carbons (Fsp3) is 0.158. The molecule has 0 aliphatic carbocycles. The molecule has 0 radical (unpaired) electrons. The highest BCUT2D eigenvalue weighted by Crippen LogP contribution is 2.25. The van der Waals surface area contributed by atoms with E-state index in [1.165, 1.54) is 0 Å². The normalized spacial score (nSPS) is 10.4. The summed E-state index contributed by atoms with van der Waals surface area (Å²) in [4.78, 5) is 18.4. The molecule has 1 aromatic heterocycles. The summed E-state index contributed by atoms with van der Waals surface area (Å²) < 4.78 is 7.81. The standard InChI is InChI=1S/C19H19N3O2/c1-21(13-14-22-12-11-20-15-22)19(23)17-9-5-6-10-18(17)24-16-7-3-2-4-8-16/h2-12,15H,13-14H2,1H3. The molecule has 1 heterocycles. The number of para-hydroxylation sites is 2. The third-order valence-electron chi connectivity index (χ3n) is 3.69. The summed E-state index contributed by atoms with van der Waals surface area (Å²) in [6.45, 7) is 1.29. The van der Waals surface area contributed by atoms with Crippen LogP contribution in [0.5, 0.6) is 11.5 Å². The predicted molar refractivity (Wildman–Crippen MR) is 92.1 cm³/mol. The lowest BCUT2D eigenvalue weighted by Gasteiger charge is -2.19. The average molecular weight is 321 g/mol. The van der Waals surface area contributed by atoms with Gasteiger partial charge in [0.15, 0.2) is 0 Å². The largest absolute Gasteiger partial charge is 0.457 e. The third kappa shape index (κ3) is 3.81. The number of hydrogen-bond acceptors (Lipinski definition) is 3. The quantitative estimate of drug-likeness (QED) is 0.698. The highest BCUT2D eigenvalue weighted by molar-refractivity contribution is 5.96. The van der Waals surface area contributed by atoms with Crippen molar-refractivity contribution in [2.45, 2.75) is 6.54 Å². The van der Waals surface area contributed by atoms with E-state index in [9.17, 15) is 4.79 Å². The van der Waals surface area contributed by atoms with Crippen LogP contribution in [0.3, 0.4) is 0 Å². The Balaban J connectivity index is 1.72. The predicted octanol–water partition coefficient (Wildman–Crippen LogP) is 3.45. The van der Waals surface area contributed by atoms with Gasteiger partial charge in [0, 0.05) is 32.5 Å². The van der Waals surface area contributed by atoms with Crippen molar-refractivity contribution in [2.24, 2.45) is 0 Å². The number of aromatic nitrogens is 2. The van der Waals surface area contributed by atoms with Crippen molar-refractivity contribution in [1.29, 1.82) is 0 Å². The number of hydrogen-bond donors (Lipinski definition) is 0. The minimum Gasteiger partial charge on any atom is -0.457 e. The highest BCUT2D eigenvalue weighted by atomic mass is 16.5. The van der Waals surface area contributed by atoms with Crippen LogP contribution in [-0.2, 0) is 6.54 Å². The molecule has 2 aromatic carbocycles. The number of nitrogens with zero attached hydrogens (tertiary/aromatic N) is 3. The molecule has 0 unspecified atom stereocenters. The zero-order chi connectivity index (χ0) is 16.8. The van der Waals surface area contributed by atoms with Gasteiger partial charge in [-0.05, 0) is 24.3 Å². The van der Waals surface area contributed by atoms with Crippen LogP contribution >= 0.6 is 0 Å². The van der Waals surface area contributed by atoms with E-state index in [1.54, 1.807) is 30.5 Å². The van der Waals surface area contributed by atoms with Gasteiger partial charge in [-0.3, -0.25) is 4.79 Å². The molecule has 0 spiro atoms. The van der Waals surface area contributed by atoms with Gasteiger partial charge in [-0.25, -0.2) is 4.98 Å². The molecule has 0 atom stereocenters. The average Bonchev–Trinajstić information content (AvgIpc) is 3.14. The Bertz CT molecular complexity index is 785. The number of carbonyl (C=O) groups is 1. The number of amides is 1. The van der Waals surface area contributed by atoms with Crippen molar-refractivity contribution >= 4 is 5.91 Å². The number of likely N-dealkylation sites (N-methyl/N-ethyl adjacent to an activating group) is 1. The number of carbonyl (C=O) groups excluding carboxylic acids is 1. The molecule has 0 aliphatic rings. The molecule has 24 heavy (non-hydrogen) atoms. The van der Waals surface area contributed by atoms with Gasteiger partial charge in [0.05, 0.1) is 11.9 Å². The Morgan fingerprint density at radius 3 is 2.62 bits per heavy atom. The van der Waals surface area contributed by atoms with Gasteiger partial charge in [-0.1, -0.05) is 30.3 Å². The van der Waals surface area contributed by atoms with Crippen LogP contribution in [0.15, 0.2) is 73.3 Å². The SMILES string of the molecule is CN(CCn1ccnc1)C(=O)c1ccccc1Oc1ccccc1. The van der Waals surface area contributed by atoms with Crippen LogP contribution in [0, 0.1) is 0 Å². The molecule has 122 valence electrons. The van der Waals surface area contributed by atoms with E-state index in [2.05, 4.69) is 4.98 Å². The van der Waals surface area contributed by atoms with Gasteiger partial charge in [0.25, 0.3) is 5.91 Å². The topological polar surface area (TPSA) is 47.4 Å². The van der Waals surface area contributed by atoms with Gasteiger partial charge in [-0.15, -0.1) is 0 Å². The maximum Gasteiger partial charge on any atom is 0.257 e. The van der Waals surface area contributed by atoms with E-state index >= 15 is 0 Å². The van der Waals surface area contributed by atoms with Crippen LogP contribution in [-0.4, -0.2) is 34.0 Å². The summed E-state index contributed by atoms with van der Waals surface area (Å²) in [5.41, 5.74) is 0.550. The number of benzene rings is 2. The summed E-state index contributed by atoms with van der Waals surface area (Å²) in [5.74, 6) is 1.20. The zero-order valence-electron chi connectivity index (χ0n) is 13.5.